The molecule has 23 heavy (non-hydrogen) atoms. The zero-order chi connectivity index (χ0) is 16.2. The lowest BCUT2D eigenvalue weighted by atomic mass is 9.87. The minimum absolute atomic E-state index is 0.0484. The van der Waals surface area contributed by atoms with E-state index in [4.69, 9.17) is 4.98 Å². The van der Waals surface area contributed by atoms with Crippen LogP contribution in [0.25, 0.3) is 22.4 Å². The van der Waals surface area contributed by atoms with E-state index in [0.29, 0.717) is 0 Å². The molecule has 0 saturated carbocycles. The fourth-order valence-corrected chi connectivity index (χ4v) is 3.39. The van der Waals surface area contributed by atoms with Gasteiger partial charge in [-0.1, -0.05) is 44.2 Å². The van der Waals surface area contributed by atoms with Crippen LogP contribution in [0.15, 0.2) is 42.5 Å². The zero-order valence-electron chi connectivity index (χ0n) is 13.6. The van der Waals surface area contributed by atoms with Gasteiger partial charge < -0.3 is 9.88 Å². The topological polar surface area (TPSA) is 49.0 Å². The van der Waals surface area contributed by atoms with E-state index in [1.165, 1.54) is 5.56 Å². The number of aromatic amines is 1. The minimum Gasteiger partial charge on any atom is -0.338 e. The third-order valence-electron chi connectivity index (χ3n) is 4.60. The molecule has 1 amide bonds. The van der Waals surface area contributed by atoms with Gasteiger partial charge in [0.15, 0.2) is 0 Å². The summed E-state index contributed by atoms with van der Waals surface area (Å²) in [7, 11) is 0. The van der Waals surface area contributed by atoms with Crippen LogP contribution in [-0.4, -0.2) is 22.4 Å². The van der Waals surface area contributed by atoms with Gasteiger partial charge in [-0.15, -0.1) is 0 Å². The number of hydrogen-bond acceptors (Lipinski definition) is 2. The zero-order valence-corrected chi connectivity index (χ0v) is 13.6. The van der Waals surface area contributed by atoms with E-state index in [1.54, 1.807) is 6.92 Å². The molecule has 4 rings (SSSR count). The Morgan fingerprint density at radius 1 is 1.22 bits per heavy atom. The summed E-state index contributed by atoms with van der Waals surface area (Å²) < 4.78 is 0. The molecule has 0 saturated heterocycles. The maximum Gasteiger partial charge on any atom is 0.223 e. The molecule has 0 unspecified atom stereocenters. The van der Waals surface area contributed by atoms with Gasteiger partial charge in [-0.05, 0) is 17.7 Å². The summed E-state index contributed by atoms with van der Waals surface area (Å²) in [5.74, 6) is 0.937. The number of benzene rings is 2. The van der Waals surface area contributed by atoms with Crippen LogP contribution in [0, 0.1) is 0 Å². The van der Waals surface area contributed by atoms with Gasteiger partial charge in [-0.25, -0.2) is 4.98 Å². The molecule has 3 aromatic rings. The Labute approximate surface area is 135 Å². The van der Waals surface area contributed by atoms with Crippen LogP contribution in [0.3, 0.4) is 0 Å². The van der Waals surface area contributed by atoms with Crippen LogP contribution < -0.4 is 4.90 Å². The summed E-state index contributed by atoms with van der Waals surface area (Å²) in [5, 5.41) is 0. The van der Waals surface area contributed by atoms with Gasteiger partial charge in [0.1, 0.15) is 5.82 Å². The van der Waals surface area contributed by atoms with Gasteiger partial charge in [0.25, 0.3) is 0 Å². The molecule has 0 atom stereocenters. The quantitative estimate of drug-likeness (QED) is 0.742. The molecular formula is C19H19N3O. The first-order chi connectivity index (χ1) is 11.0. The maximum atomic E-state index is 12.0. The molecule has 0 fully saturated rings. The van der Waals surface area contributed by atoms with Crippen LogP contribution in [0.1, 0.15) is 26.3 Å². The van der Waals surface area contributed by atoms with Crippen molar-refractivity contribution in [2.24, 2.45) is 0 Å². The number of imidazole rings is 1. The standard InChI is InChI=1S/C19H19N3O/c1-12(23)22-11-19(2,3)14-9-15-16(10-17(14)22)21-18(20-15)13-7-5-4-6-8-13/h4-10H,11H2,1-3H3,(H,20,21). The summed E-state index contributed by atoms with van der Waals surface area (Å²) >= 11 is 0. The van der Waals surface area contributed by atoms with Crippen molar-refractivity contribution in [3.05, 3.63) is 48.0 Å². The Kier molecular flexibility index (Phi) is 2.85. The minimum atomic E-state index is -0.0484. The largest absolute Gasteiger partial charge is 0.338 e. The maximum absolute atomic E-state index is 12.0. The van der Waals surface area contributed by atoms with Crippen LogP contribution in [0.5, 0.6) is 0 Å². The normalized spacial score (nSPS) is 15.9. The number of hydrogen-bond donors (Lipinski definition) is 1. The molecule has 1 N–H and O–H groups in total. The molecule has 1 aliphatic rings. The Morgan fingerprint density at radius 3 is 2.65 bits per heavy atom. The summed E-state index contributed by atoms with van der Waals surface area (Å²) in [4.78, 5) is 21.9. The number of nitrogens with one attached hydrogen (secondary N) is 1. The lowest BCUT2D eigenvalue weighted by Crippen LogP contribution is -2.31. The molecule has 2 aromatic carbocycles. The molecule has 0 aliphatic carbocycles. The van der Waals surface area contributed by atoms with E-state index in [-0.39, 0.29) is 11.3 Å². The third kappa shape index (κ3) is 2.13. The Hall–Kier alpha value is -2.62. The summed E-state index contributed by atoms with van der Waals surface area (Å²) in [5.41, 5.74) is 5.11. The monoisotopic (exact) mass is 305 g/mol. The first-order valence-electron chi connectivity index (χ1n) is 7.83. The molecule has 1 aliphatic heterocycles. The lowest BCUT2D eigenvalue weighted by molar-refractivity contribution is -0.116. The number of anilines is 1. The third-order valence-corrected chi connectivity index (χ3v) is 4.60. The first kappa shape index (κ1) is 14.0. The van der Waals surface area contributed by atoms with Gasteiger partial charge in [0, 0.05) is 30.1 Å². The van der Waals surface area contributed by atoms with Crippen molar-refractivity contribution in [2.75, 3.05) is 11.4 Å². The number of rotatable bonds is 1. The first-order valence-corrected chi connectivity index (χ1v) is 7.83. The van der Waals surface area contributed by atoms with Crippen molar-refractivity contribution < 1.29 is 4.79 Å². The lowest BCUT2D eigenvalue weighted by Gasteiger charge is -2.19. The van der Waals surface area contributed by atoms with Gasteiger partial charge in [0.05, 0.1) is 11.0 Å². The SMILES string of the molecule is CC(=O)N1CC(C)(C)c2cc3[nH]c(-c4ccccc4)nc3cc21. The highest BCUT2D eigenvalue weighted by Gasteiger charge is 2.37. The van der Waals surface area contributed by atoms with E-state index < -0.39 is 0 Å². The second-order valence-electron chi connectivity index (χ2n) is 6.83. The molecule has 0 bridgehead atoms. The van der Waals surface area contributed by atoms with Gasteiger partial charge >= 0.3 is 0 Å². The number of H-pyrrole nitrogens is 1. The molecule has 0 spiro atoms. The predicted octanol–water partition coefficient (Wildman–Crippen LogP) is 3.87. The van der Waals surface area contributed by atoms with E-state index in [1.807, 2.05) is 41.3 Å². The van der Waals surface area contributed by atoms with Crippen molar-refractivity contribution in [3.8, 4) is 11.4 Å². The molecule has 4 heteroatoms. The van der Waals surface area contributed by atoms with Crippen LogP contribution in [-0.2, 0) is 10.2 Å². The Morgan fingerprint density at radius 2 is 1.96 bits per heavy atom. The van der Waals surface area contributed by atoms with Gasteiger partial charge in [-0.3, -0.25) is 4.79 Å². The number of carbonyl (C=O) groups excluding carboxylic acids is 1. The molecule has 2 heterocycles. The smallest absolute Gasteiger partial charge is 0.223 e. The number of carbonyl (C=O) groups is 1. The fourth-order valence-electron chi connectivity index (χ4n) is 3.39. The molecule has 116 valence electrons. The van der Waals surface area contributed by atoms with Crippen molar-refractivity contribution in [3.63, 3.8) is 0 Å². The number of amides is 1. The molecule has 0 radical (unpaired) electrons. The Bertz CT molecular complexity index is 909. The molecule has 1 aromatic heterocycles. The molecule has 4 nitrogen and oxygen atoms in total. The van der Waals surface area contributed by atoms with Crippen molar-refractivity contribution in [1.82, 2.24) is 9.97 Å². The summed E-state index contributed by atoms with van der Waals surface area (Å²) in [6.45, 7) is 6.69. The van der Waals surface area contributed by atoms with Gasteiger partial charge in [-0.2, -0.15) is 0 Å². The highest BCUT2D eigenvalue weighted by Crippen LogP contribution is 2.42. The average Bonchev–Trinajstić information content (AvgIpc) is 3.05. The highest BCUT2D eigenvalue weighted by atomic mass is 16.2. The second kappa shape index (κ2) is 4.69. The predicted molar refractivity (Wildman–Crippen MR) is 92.6 cm³/mol. The van der Waals surface area contributed by atoms with E-state index in [0.717, 1.165) is 34.7 Å². The van der Waals surface area contributed by atoms with Crippen molar-refractivity contribution in [1.29, 1.82) is 0 Å². The van der Waals surface area contributed by atoms with Gasteiger partial charge in [0.2, 0.25) is 5.91 Å². The average molecular weight is 305 g/mol. The number of nitrogens with zero attached hydrogens (tertiary/aromatic N) is 2. The molecular weight excluding hydrogens is 286 g/mol. The fraction of sp³-hybridized carbons (Fsp3) is 0.263. The van der Waals surface area contributed by atoms with E-state index in [9.17, 15) is 4.79 Å². The van der Waals surface area contributed by atoms with Crippen molar-refractivity contribution in [2.45, 2.75) is 26.2 Å². The van der Waals surface area contributed by atoms with Crippen LogP contribution in [0.4, 0.5) is 5.69 Å². The van der Waals surface area contributed by atoms with Crippen LogP contribution >= 0.6 is 0 Å². The summed E-state index contributed by atoms with van der Waals surface area (Å²) in [6, 6.07) is 14.3. The van der Waals surface area contributed by atoms with Crippen LogP contribution in [0.2, 0.25) is 0 Å². The summed E-state index contributed by atoms with van der Waals surface area (Å²) in [6.07, 6.45) is 0. The Balaban J connectivity index is 1.90. The van der Waals surface area contributed by atoms with E-state index >= 15 is 0 Å². The van der Waals surface area contributed by atoms with E-state index in [2.05, 4.69) is 24.9 Å². The second-order valence-corrected chi connectivity index (χ2v) is 6.83. The van der Waals surface area contributed by atoms with Crippen molar-refractivity contribution >= 4 is 22.6 Å². The number of aromatic nitrogens is 2. The number of fused-ring (bicyclic) bond motifs is 2. The highest BCUT2D eigenvalue weighted by molar-refractivity contribution is 5.98.